The van der Waals surface area contributed by atoms with Gasteiger partial charge in [-0.25, -0.2) is 0 Å². The molecule has 70 valence electrons. The van der Waals surface area contributed by atoms with E-state index in [1.54, 1.807) is 6.92 Å². The quantitative estimate of drug-likeness (QED) is 0.525. The van der Waals surface area contributed by atoms with Crippen molar-refractivity contribution in [2.45, 2.75) is 27.7 Å². The molecule has 2 nitrogen and oxygen atoms in total. The van der Waals surface area contributed by atoms with Crippen LogP contribution in [-0.4, -0.2) is 11.5 Å². The van der Waals surface area contributed by atoms with Gasteiger partial charge >= 0.3 is 0 Å². The number of hydrogen-bond donors (Lipinski definition) is 0. The summed E-state index contributed by atoms with van der Waals surface area (Å²) >= 11 is 1.47. The number of ketones is 1. The highest BCUT2D eigenvalue weighted by molar-refractivity contribution is 7.12. The largest absolute Gasteiger partial charge is 0.294 e. The lowest BCUT2D eigenvalue weighted by molar-refractivity contribution is 0.102. The van der Waals surface area contributed by atoms with Gasteiger partial charge in [0.25, 0.3) is 0 Å². The molecule has 0 N–H and O–H groups in total. The molecule has 1 aromatic heterocycles. The molecule has 0 aliphatic heterocycles. The lowest BCUT2D eigenvalue weighted by atomic mass is 10.2. The topological polar surface area (TPSA) is 29.4 Å². The van der Waals surface area contributed by atoms with E-state index in [0.29, 0.717) is 0 Å². The molecule has 0 aliphatic carbocycles. The minimum Gasteiger partial charge on any atom is -0.294 e. The second-order valence-electron chi connectivity index (χ2n) is 3.19. The Balaban J connectivity index is 3.14. The molecule has 13 heavy (non-hydrogen) atoms. The molecule has 0 atom stereocenters. The zero-order chi connectivity index (χ0) is 10.0. The SMILES string of the molecule is CC(=O)c1scc(N=C(C)C)c1C. The van der Waals surface area contributed by atoms with Crippen LogP contribution in [-0.2, 0) is 0 Å². The second-order valence-corrected chi connectivity index (χ2v) is 4.07. The van der Waals surface area contributed by atoms with Gasteiger partial charge in [0.1, 0.15) is 0 Å². The van der Waals surface area contributed by atoms with Gasteiger partial charge in [0, 0.05) is 11.1 Å². The number of rotatable bonds is 2. The molecule has 0 saturated carbocycles. The Morgan fingerprint density at radius 1 is 1.38 bits per heavy atom. The van der Waals surface area contributed by atoms with Gasteiger partial charge in [0.05, 0.1) is 10.6 Å². The molecule has 0 unspecified atom stereocenters. The van der Waals surface area contributed by atoms with Crippen LogP contribution in [0.4, 0.5) is 5.69 Å². The average Bonchev–Trinajstić information content (AvgIpc) is 2.32. The Morgan fingerprint density at radius 3 is 2.38 bits per heavy atom. The van der Waals surface area contributed by atoms with Crippen molar-refractivity contribution in [2.75, 3.05) is 0 Å². The van der Waals surface area contributed by atoms with Gasteiger partial charge < -0.3 is 0 Å². The van der Waals surface area contributed by atoms with E-state index >= 15 is 0 Å². The summed E-state index contributed by atoms with van der Waals surface area (Å²) in [6, 6.07) is 0. The van der Waals surface area contributed by atoms with Crippen LogP contribution in [0.2, 0.25) is 0 Å². The maximum atomic E-state index is 11.1. The predicted octanol–water partition coefficient (Wildman–Crippen LogP) is 3.37. The first kappa shape index (κ1) is 10.1. The van der Waals surface area contributed by atoms with Gasteiger partial charge in [0.2, 0.25) is 0 Å². The minimum absolute atomic E-state index is 0.123. The van der Waals surface area contributed by atoms with Crippen molar-refractivity contribution in [3.8, 4) is 0 Å². The van der Waals surface area contributed by atoms with Crippen LogP contribution in [0, 0.1) is 6.92 Å². The van der Waals surface area contributed by atoms with E-state index in [4.69, 9.17) is 0 Å². The molecule has 0 bridgehead atoms. The van der Waals surface area contributed by atoms with Gasteiger partial charge in [-0.3, -0.25) is 9.79 Å². The number of Topliss-reactive ketones (excluding diaryl/α,β-unsaturated/α-hetero) is 1. The van der Waals surface area contributed by atoms with E-state index in [9.17, 15) is 4.79 Å². The standard InChI is InChI=1S/C10H13NOS/c1-6(2)11-9-5-13-10(7(9)3)8(4)12/h5H,1-4H3. The molecule has 0 radical (unpaired) electrons. The van der Waals surface area contributed by atoms with Crippen molar-refractivity contribution in [1.82, 2.24) is 0 Å². The zero-order valence-electron chi connectivity index (χ0n) is 8.34. The van der Waals surface area contributed by atoms with Crippen molar-refractivity contribution in [3.05, 3.63) is 15.8 Å². The molecular weight excluding hydrogens is 182 g/mol. The van der Waals surface area contributed by atoms with Crippen LogP contribution >= 0.6 is 11.3 Å². The number of aliphatic imine (C=N–C) groups is 1. The molecule has 0 aliphatic rings. The van der Waals surface area contributed by atoms with E-state index < -0.39 is 0 Å². The first-order chi connectivity index (χ1) is 6.02. The summed E-state index contributed by atoms with van der Waals surface area (Å²) in [5.41, 5.74) is 2.94. The summed E-state index contributed by atoms with van der Waals surface area (Å²) in [5, 5.41) is 1.93. The maximum absolute atomic E-state index is 11.1. The van der Waals surface area contributed by atoms with E-state index in [2.05, 4.69) is 4.99 Å². The van der Waals surface area contributed by atoms with Gasteiger partial charge in [-0.05, 0) is 33.3 Å². The highest BCUT2D eigenvalue weighted by atomic mass is 32.1. The van der Waals surface area contributed by atoms with Gasteiger partial charge in [0.15, 0.2) is 5.78 Å². The molecule has 1 rings (SSSR count). The fourth-order valence-corrected chi connectivity index (χ4v) is 2.01. The lowest BCUT2D eigenvalue weighted by Gasteiger charge is -1.94. The van der Waals surface area contributed by atoms with Crippen LogP contribution in [0.1, 0.15) is 36.0 Å². The summed E-state index contributed by atoms with van der Waals surface area (Å²) in [7, 11) is 0. The molecule has 3 heteroatoms. The van der Waals surface area contributed by atoms with E-state index in [1.807, 2.05) is 26.2 Å². The Hall–Kier alpha value is -0.960. The van der Waals surface area contributed by atoms with Crippen molar-refractivity contribution in [2.24, 2.45) is 4.99 Å². The van der Waals surface area contributed by atoms with E-state index in [0.717, 1.165) is 21.8 Å². The Kier molecular flexibility index (Phi) is 2.98. The third-order valence-corrected chi connectivity index (χ3v) is 2.85. The minimum atomic E-state index is 0.123. The molecule has 0 aromatic carbocycles. The molecule has 0 spiro atoms. The number of carbonyl (C=O) groups excluding carboxylic acids is 1. The number of carbonyl (C=O) groups is 1. The Bertz CT molecular complexity index is 359. The first-order valence-electron chi connectivity index (χ1n) is 4.13. The predicted molar refractivity (Wildman–Crippen MR) is 57.5 cm³/mol. The Morgan fingerprint density at radius 2 is 2.00 bits per heavy atom. The van der Waals surface area contributed by atoms with Crippen molar-refractivity contribution in [3.63, 3.8) is 0 Å². The second kappa shape index (κ2) is 3.83. The van der Waals surface area contributed by atoms with Gasteiger partial charge in [-0.15, -0.1) is 11.3 Å². The van der Waals surface area contributed by atoms with Crippen molar-refractivity contribution >= 4 is 28.5 Å². The number of hydrogen-bond acceptors (Lipinski definition) is 3. The number of nitrogens with zero attached hydrogens (tertiary/aromatic N) is 1. The fraction of sp³-hybridized carbons (Fsp3) is 0.400. The van der Waals surface area contributed by atoms with Crippen LogP contribution in [0.15, 0.2) is 10.4 Å². The van der Waals surface area contributed by atoms with Crippen LogP contribution in [0.25, 0.3) is 0 Å². The maximum Gasteiger partial charge on any atom is 0.170 e. The smallest absolute Gasteiger partial charge is 0.170 e. The average molecular weight is 195 g/mol. The highest BCUT2D eigenvalue weighted by Crippen LogP contribution is 2.29. The normalized spacial score (nSPS) is 9.85. The first-order valence-corrected chi connectivity index (χ1v) is 5.01. The van der Waals surface area contributed by atoms with E-state index in [-0.39, 0.29) is 5.78 Å². The third kappa shape index (κ3) is 2.25. The fourth-order valence-electron chi connectivity index (χ4n) is 1.11. The summed E-state index contributed by atoms with van der Waals surface area (Å²) in [5.74, 6) is 0.123. The van der Waals surface area contributed by atoms with Crippen molar-refractivity contribution < 1.29 is 4.79 Å². The van der Waals surface area contributed by atoms with Crippen LogP contribution in [0.5, 0.6) is 0 Å². The Labute approximate surface area is 82.3 Å². The number of thiophene rings is 1. The third-order valence-electron chi connectivity index (χ3n) is 1.68. The summed E-state index contributed by atoms with van der Waals surface area (Å²) in [6.07, 6.45) is 0. The summed E-state index contributed by atoms with van der Waals surface area (Å²) in [6.45, 7) is 7.43. The van der Waals surface area contributed by atoms with Gasteiger partial charge in [-0.1, -0.05) is 0 Å². The summed E-state index contributed by atoms with van der Waals surface area (Å²) < 4.78 is 0. The molecule has 0 amide bonds. The molecule has 1 aromatic rings. The van der Waals surface area contributed by atoms with Crippen molar-refractivity contribution in [1.29, 1.82) is 0 Å². The highest BCUT2D eigenvalue weighted by Gasteiger charge is 2.09. The van der Waals surface area contributed by atoms with Gasteiger partial charge in [-0.2, -0.15) is 0 Å². The summed E-state index contributed by atoms with van der Waals surface area (Å²) in [4.78, 5) is 16.3. The molecule has 0 saturated heterocycles. The molecule has 0 fully saturated rings. The monoisotopic (exact) mass is 195 g/mol. The lowest BCUT2D eigenvalue weighted by Crippen LogP contribution is -1.89. The zero-order valence-corrected chi connectivity index (χ0v) is 9.16. The molecular formula is C10H13NOS. The van der Waals surface area contributed by atoms with E-state index in [1.165, 1.54) is 11.3 Å². The van der Waals surface area contributed by atoms with Crippen LogP contribution < -0.4 is 0 Å². The van der Waals surface area contributed by atoms with Crippen LogP contribution in [0.3, 0.4) is 0 Å². The molecule has 1 heterocycles.